The van der Waals surface area contributed by atoms with Gasteiger partial charge in [0.05, 0.1) is 23.1 Å². The van der Waals surface area contributed by atoms with Crippen molar-refractivity contribution in [3.8, 4) is 28.8 Å². The van der Waals surface area contributed by atoms with Crippen molar-refractivity contribution in [2.24, 2.45) is 0 Å². The van der Waals surface area contributed by atoms with Gasteiger partial charge in [0.25, 0.3) is 0 Å². The molecule has 2 aromatic carbocycles. The zero-order valence-electron chi connectivity index (χ0n) is 17.2. The summed E-state index contributed by atoms with van der Waals surface area (Å²) in [5, 5.41) is 20.7. The number of pyridine rings is 1. The first kappa shape index (κ1) is 21.3. The van der Waals surface area contributed by atoms with Crippen LogP contribution in [0.15, 0.2) is 83.2 Å². The Kier molecular flexibility index (Phi) is 6.63. The highest BCUT2D eigenvalue weighted by molar-refractivity contribution is 7.07. The smallest absolute Gasteiger partial charge is 0.310 e. The molecule has 7 heteroatoms. The van der Waals surface area contributed by atoms with E-state index in [1.54, 1.807) is 18.5 Å². The monoisotopic (exact) mass is 443 g/mol. The van der Waals surface area contributed by atoms with E-state index in [2.05, 4.69) is 11.1 Å². The lowest BCUT2D eigenvalue weighted by Gasteiger charge is -2.19. The van der Waals surface area contributed by atoms with Gasteiger partial charge in [-0.1, -0.05) is 41.7 Å². The molecule has 0 fully saturated rings. The van der Waals surface area contributed by atoms with Gasteiger partial charge >= 0.3 is 4.87 Å². The minimum atomic E-state index is -0.319. The predicted octanol–water partition coefficient (Wildman–Crippen LogP) is 4.80. The Hall–Kier alpha value is -3.89. The fourth-order valence-corrected chi connectivity index (χ4v) is 4.19. The number of nitrogens with zero attached hydrogens (tertiary/aromatic N) is 3. The first-order valence-corrected chi connectivity index (χ1v) is 11.0. The summed E-state index contributed by atoms with van der Waals surface area (Å²) in [6.07, 6.45) is 4.85. The average Bonchev–Trinajstić information content (AvgIpc) is 3.18. The van der Waals surface area contributed by atoms with Gasteiger partial charge in [0, 0.05) is 12.4 Å². The third-order valence-corrected chi connectivity index (χ3v) is 5.91. The lowest BCUT2D eigenvalue weighted by molar-refractivity contribution is 0.228. The Balaban J connectivity index is 1.47. The molecule has 0 amide bonds. The third-order valence-electron chi connectivity index (χ3n) is 5.18. The first-order chi connectivity index (χ1) is 15.6. The third kappa shape index (κ3) is 5.05. The number of thiazole rings is 1. The quantitative estimate of drug-likeness (QED) is 0.423. The zero-order valence-corrected chi connectivity index (χ0v) is 18.0. The van der Waals surface area contributed by atoms with Crippen molar-refractivity contribution in [1.82, 2.24) is 9.55 Å². The number of nitriles is 1. The van der Waals surface area contributed by atoms with E-state index in [4.69, 9.17) is 10.00 Å². The summed E-state index contributed by atoms with van der Waals surface area (Å²) in [5.41, 5.74) is 3.61. The molecule has 2 aromatic heterocycles. The largest absolute Gasteiger partial charge is 0.494 e. The molecule has 0 spiro atoms. The van der Waals surface area contributed by atoms with Crippen LogP contribution in [0.3, 0.4) is 0 Å². The van der Waals surface area contributed by atoms with E-state index in [9.17, 15) is 9.90 Å². The number of hydrogen-bond acceptors (Lipinski definition) is 6. The van der Waals surface area contributed by atoms with Crippen LogP contribution in [0.2, 0.25) is 0 Å². The number of benzene rings is 2. The van der Waals surface area contributed by atoms with Crippen LogP contribution < -0.4 is 9.61 Å². The van der Waals surface area contributed by atoms with Gasteiger partial charge in [0.1, 0.15) is 12.4 Å². The molecule has 0 aliphatic heterocycles. The molecule has 0 aliphatic rings. The molecule has 32 heavy (non-hydrogen) atoms. The van der Waals surface area contributed by atoms with Crippen molar-refractivity contribution < 1.29 is 9.84 Å². The van der Waals surface area contributed by atoms with Crippen LogP contribution in [-0.2, 0) is 6.42 Å². The second kappa shape index (κ2) is 9.94. The molecule has 1 N–H and O–H groups in total. The molecular weight excluding hydrogens is 422 g/mol. The minimum absolute atomic E-state index is 0.0486. The first-order valence-electron chi connectivity index (χ1n) is 10.2. The molecule has 0 bridgehead atoms. The highest BCUT2D eigenvalue weighted by atomic mass is 32.1. The van der Waals surface area contributed by atoms with E-state index in [1.165, 1.54) is 9.95 Å². The van der Waals surface area contributed by atoms with Gasteiger partial charge in [0.2, 0.25) is 5.88 Å². The Morgan fingerprint density at radius 3 is 2.66 bits per heavy atom. The summed E-state index contributed by atoms with van der Waals surface area (Å²) in [4.78, 5) is 16.2. The molecule has 0 aliphatic carbocycles. The number of hydrogen-bond donors (Lipinski definition) is 1. The second-order valence-corrected chi connectivity index (χ2v) is 8.13. The van der Waals surface area contributed by atoms with Crippen LogP contribution in [0.5, 0.6) is 11.6 Å². The van der Waals surface area contributed by atoms with Crippen LogP contribution in [-0.4, -0.2) is 21.3 Å². The van der Waals surface area contributed by atoms with E-state index < -0.39 is 0 Å². The predicted molar refractivity (Wildman–Crippen MR) is 124 cm³/mol. The van der Waals surface area contributed by atoms with Crippen molar-refractivity contribution in [2.45, 2.75) is 18.9 Å². The minimum Gasteiger partial charge on any atom is -0.494 e. The summed E-state index contributed by atoms with van der Waals surface area (Å²) in [6, 6.07) is 20.7. The average molecular weight is 444 g/mol. The molecule has 0 saturated carbocycles. The van der Waals surface area contributed by atoms with Gasteiger partial charge in [-0.05, 0) is 59.9 Å². The summed E-state index contributed by atoms with van der Waals surface area (Å²) in [6.45, 7) is 0.244. The normalized spacial score (nSPS) is 11.6. The number of aromatic nitrogens is 2. The molecular formula is C25H21N3O3S. The fraction of sp³-hybridized carbons (Fsp3) is 0.160. The number of aryl methyl sites for hydroxylation is 1. The van der Waals surface area contributed by atoms with Crippen molar-refractivity contribution >= 4 is 11.3 Å². The van der Waals surface area contributed by atoms with Crippen LogP contribution in [0.1, 0.15) is 23.6 Å². The lowest BCUT2D eigenvalue weighted by atomic mass is 10.0. The Labute approximate surface area is 189 Å². The molecule has 4 aromatic rings. The summed E-state index contributed by atoms with van der Waals surface area (Å²) < 4.78 is 7.38. The molecule has 0 radical (unpaired) electrons. The Bertz CT molecular complexity index is 1270. The van der Waals surface area contributed by atoms with Gasteiger partial charge in [-0.25, -0.2) is 0 Å². The molecule has 0 unspecified atom stereocenters. The van der Waals surface area contributed by atoms with Crippen molar-refractivity contribution in [1.29, 1.82) is 5.26 Å². The van der Waals surface area contributed by atoms with E-state index in [0.29, 0.717) is 24.2 Å². The maximum atomic E-state index is 12.3. The van der Waals surface area contributed by atoms with Gasteiger partial charge in [0.15, 0.2) is 0 Å². The topological polar surface area (TPSA) is 88.1 Å². The highest BCUT2D eigenvalue weighted by Gasteiger charge is 2.19. The van der Waals surface area contributed by atoms with Gasteiger partial charge in [-0.3, -0.25) is 14.3 Å². The van der Waals surface area contributed by atoms with E-state index in [-0.39, 0.29) is 23.4 Å². The van der Waals surface area contributed by atoms with Crippen molar-refractivity contribution in [3.63, 3.8) is 0 Å². The van der Waals surface area contributed by atoms with Crippen LogP contribution in [0.4, 0.5) is 0 Å². The molecule has 0 saturated heterocycles. The van der Waals surface area contributed by atoms with E-state index in [0.717, 1.165) is 28.0 Å². The van der Waals surface area contributed by atoms with Gasteiger partial charge in [-0.15, -0.1) is 0 Å². The van der Waals surface area contributed by atoms with E-state index in [1.807, 2.05) is 54.6 Å². The maximum Gasteiger partial charge on any atom is 0.310 e. The summed E-state index contributed by atoms with van der Waals surface area (Å²) in [7, 11) is 0. The molecule has 6 nitrogen and oxygen atoms in total. The fourth-order valence-electron chi connectivity index (χ4n) is 3.52. The van der Waals surface area contributed by atoms with E-state index >= 15 is 0 Å². The van der Waals surface area contributed by atoms with Crippen LogP contribution >= 0.6 is 11.3 Å². The van der Waals surface area contributed by atoms with Crippen molar-refractivity contribution in [3.05, 3.63) is 99.2 Å². The van der Waals surface area contributed by atoms with Crippen LogP contribution in [0, 0.1) is 11.3 Å². The number of aromatic hydroxyl groups is 1. The molecule has 2 heterocycles. The standard InChI is InChI=1S/C25H21N3O3S/c26-14-19-3-1-5-21(13-19)20-7-10-23(11-8-20)31-16-22(28-24(29)17-32-25(28)30)9-6-18-4-2-12-27-15-18/h1-5,7-8,10-13,15,17,22,29H,6,9,16H2/t22-/m0/s1. The highest BCUT2D eigenvalue weighted by Crippen LogP contribution is 2.26. The number of ether oxygens (including phenoxy) is 1. The Morgan fingerprint density at radius 1 is 1.12 bits per heavy atom. The molecule has 4 rings (SSSR count). The molecule has 1 atom stereocenters. The Morgan fingerprint density at radius 2 is 1.97 bits per heavy atom. The lowest BCUT2D eigenvalue weighted by Crippen LogP contribution is -2.25. The molecule has 160 valence electrons. The van der Waals surface area contributed by atoms with Crippen LogP contribution in [0.25, 0.3) is 11.1 Å². The summed E-state index contributed by atoms with van der Waals surface area (Å²) >= 11 is 0.972. The SMILES string of the molecule is N#Cc1cccc(-c2ccc(OC[C@H](CCc3cccnc3)n3c(O)csc3=O)cc2)c1. The number of rotatable bonds is 8. The van der Waals surface area contributed by atoms with Gasteiger partial charge in [-0.2, -0.15) is 5.26 Å². The summed E-state index contributed by atoms with van der Waals surface area (Å²) in [5.74, 6) is 0.617. The zero-order chi connectivity index (χ0) is 22.3. The second-order valence-electron chi connectivity index (χ2n) is 7.31. The maximum absolute atomic E-state index is 12.3. The van der Waals surface area contributed by atoms with Crippen molar-refractivity contribution in [2.75, 3.05) is 6.61 Å². The van der Waals surface area contributed by atoms with Gasteiger partial charge < -0.3 is 9.84 Å².